The van der Waals surface area contributed by atoms with Crippen molar-refractivity contribution >= 4 is 11.8 Å². The molecule has 0 radical (unpaired) electrons. The van der Waals surface area contributed by atoms with Crippen molar-refractivity contribution in [1.29, 1.82) is 0 Å². The molecule has 1 saturated heterocycles. The number of aryl methyl sites for hydroxylation is 3. The SMILES string of the molecule is Cc1cc(C(=O)NCCCNCc2cncc(C(C)(C)F)c2)cc(C(=O)N2CCCC2c2nc(C)co2)c1.Cc1ccccc1. The standard InChI is InChI=1S/C29H36FN5O3.C7H8/c1-19-11-22(14-23(12-19)28(37)35-10-5-7-25(35)27-34-20(2)18-38-27)26(36)33-9-6-8-31-15-21-13-24(17-32-16-21)29(3,4)30;1-7-5-3-2-4-6-7/h11-14,16-18,25,31H,5-10,15H2,1-4H3,(H,33,36);2-6H,1H3. The summed E-state index contributed by atoms with van der Waals surface area (Å²) in [5.41, 5.74) is 3.93. The van der Waals surface area contributed by atoms with E-state index in [4.69, 9.17) is 4.42 Å². The zero-order valence-electron chi connectivity index (χ0n) is 26.9. The molecule has 0 aliphatic carbocycles. The molecule has 1 fully saturated rings. The van der Waals surface area contributed by atoms with Crippen LogP contribution < -0.4 is 10.6 Å². The van der Waals surface area contributed by atoms with E-state index in [0.29, 0.717) is 48.8 Å². The smallest absolute Gasteiger partial charge is 0.254 e. The van der Waals surface area contributed by atoms with Gasteiger partial charge in [-0.25, -0.2) is 9.37 Å². The van der Waals surface area contributed by atoms with Gasteiger partial charge in [0.05, 0.1) is 5.69 Å². The fourth-order valence-corrected chi connectivity index (χ4v) is 5.19. The average molecular weight is 614 g/mol. The van der Waals surface area contributed by atoms with Crippen molar-refractivity contribution in [3.05, 3.63) is 118 Å². The van der Waals surface area contributed by atoms with Crippen LogP contribution in [0.5, 0.6) is 0 Å². The third-order valence-electron chi connectivity index (χ3n) is 7.59. The highest BCUT2D eigenvalue weighted by Gasteiger charge is 2.34. The molecule has 0 spiro atoms. The number of nitrogens with zero attached hydrogens (tertiary/aromatic N) is 3. The summed E-state index contributed by atoms with van der Waals surface area (Å²) >= 11 is 0. The normalized spacial score (nSPS) is 14.5. The molecule has 8 nitrogen and oxygen atoms in total. The second-order valence-electron chi connectivity index (χ2n) is 12.1. The Morgan fingerprint density at radius 2 is 1.76 bits per heavy atom. The van der Waals surface area contributed by atoms with Crippen LogP contribution in [0.25, 0.3) is 0 Å². The first-order chi connectivity index (χ1) is 21.5. The van der Waals surface area contributed by atoms with Crippen molar-refractivity contribution in [3.63, 3.8) is 0 Å². The quantitative estimate of drug-likeness (QED) is 0.192. The molecule has 1 atom stereocenters. The monoisotopic (exact) mass is 613 g/mol. The maximum absolute atomic E-state index is 14.1. The Bertz CT molecular complexity index is 1560. The van der Waals surface area contributed by atoms with Gasteiger partial charge in [0, 0.05) is 48.7 Å². The number of oxazole rings is 1. The van der Waals surface area contributed by atoms with Crippen LogP contribution >= 0.6 is 0 Å². The van der Waals surface area contributed by atoms with Crippen molar-refractivity contribution in [1.82, 2.24) is 25.5 Å². The number of amides is 2. The van der Waals surface area contributed by atoms with Crippen molar-refractivity contribution in [3.8, 4) is 0 Å². The summed E-state index contributed by atoms with van der Waals surface area (Å²) in [6.45, 7) is 11.2. The van der Waals surface area contributed by atoms with E-state index in [1.807, 2.05) is 44.2 Å². The van der Waals surface area contributed by atoms with E-state index in [9.17, 15) is 14.0 Å². The molecule has 2 amide bonds. The molecule has 2 aromatic heterocycles. The Hall–Kier alpha value is -4.37. The summed E-state index contributed by atoms with van der Waals surface area (Å²) in [4.78, 5) is 36.6. The summed E-state index contributed by atoms with van der Waals surface area (Å²) < 4.78 is 19.7. The van der Waals surface area contributed by atoms with Crippen LogP contribution in [0, 0.1) is 20.8 Å². The number of likely N-dealkylation sites (tertiary alicyclic amines) is 1. The molecular weight excluding hydrogens is 569 g/mol. The van der Waals surface area contributed by atoms with Gasteiger partial charge in [-0.1, -0.05) is 35.9 Å². The third kappa shape index (κ3) is 9.81. The predicted molar refractivity (Wildman–Crippen MR) is 174 cm³/mol. The third-order valence-corrected chi connectivity index (χ3v) is 7.59. The summed E-state index contributed by atoms with van der Waals surface area (Å²) in [6.07, 6.45) is 7.26. The maximum Gasteiger partial charge on any atom is 0.254 e. The molecule has 2 aromatic carbocycles. The highest BCUT2D eigenvalue weighted by Crippen LogP contribution is 2.33. The lowest BCUT2D eigenvalue weighted by Crippen LogP contribution is -2.31. The van der Waals surface area contributed by atoms with E-state index in [0.717, 1.165) is 36.1 Å². The lowest BCUT2D eigenvalue weighted by atomic mass is 10.0. The van der Waals surface area contributed by atoms with Gasteiger partial charge < -0.3 is 20.0 Å². The van der Waals surface area contributed by atoms with Gasteiger partial charge in [0.25, 0.3) is 11.8 Å². The molecule has 0 bridgehead atoms. The number of nitrogens with one attached hydrogen (secondary N) is 2. The number of halogens is 1. The zero-order valence-corrected chi connectivity index (χ0v) is 26.9. The first kappa shape index (κ1) is 33.5. The van der Waals surface area contributed by atoms with E-state index >= 15 is 0 Å². The van der Waals surface area contributed by atoms with Crippen molar-refractivity contribution < 1.29 is 18.4 Å². The molecular formula is C36H44FN5O3. The van der Waals surface area contributed by atoms with Gasteiger partial charge in [0.2, 0.25) is 5.89 Å². The summed E-state index contributed by atoms with van der Waals surface area (Å²) in [5, 5.41) is 6.24. The lowest BCUT2D eigenvalue weighted by Gasteiger charge is -2.23. The number of hydrogen-bond donors (Lipinski definition) is 2. The van der Waals surface area contributed by atoms with Crippen molar-refractivity contribution in [2.24, 2.45) is 0 Å². The largest absolute Gasteiger partial charge is 0.446 e. The predicted octanol–water partition coefficient (Wildman–Crippen LogP) is 6.77. The molecule has 1 aliphatic rings. The number of pyridine rings is 1. The van der Waals surface area contributed by atoms with Crippen LogP contribution in [0.1, 0.15) is 93.7 Å². The maximum atomic E-state index is 14.1. The van der Waals surface area contributed by atoms with E-state index in [1.54, 1.807) is 35.7 Å². The van der Waals surface area contributed by atoms with Crippen LogP contribution in [-0.4, -0.2) is 46.3 Å². The molecule has 238 valence electrons. The van der Waals surface area contributed by atoms with Gasteiger partial charge in [-0.15, -0.1) is 0 Å². The Morgan fingerprint density at radius 3 is 2.42 bits per heavy atom. The highest BCUT2D eigenvalue weighted by molar-refractivity contribution is 6.00. The molecule has 4 aromatic rings. The van der Waals surface area contributed by atoms with E-state index < -0.39 is 5.67 Å². The van der Waals surface area contributed by atoms with Crippen molar-refractivity contribution in [2.75, 3.05) is 19.6 Å². The van der Waals surface area contributed by atoms with Gasteiger partial charge in [-0.2, -0.15) is 0 Å². The Balaban J connectivity index is 0.000000580. The van der Waals surface area contributed by atoms with Gasteiger partial charge in [0.15, 0.2) is 0 Å². The molecule has 1 unspecified atom stereocenters. The second kappa shape index (κ2) is 15.6. The van der Waals surface area contributed by atoms with E-state index in [-0.39, 0.29) is 17.9 Å². The van der Waals surface area contributed by atoms with Gasteiger partial charge >= 0.3 is 0 Å². The molecule has 5 rings (SSSR count). The number of benzene rings is 2. The Kier molecular flexibility index (Phi) is 11.6. The second-order valence-corrected chi connectivity index (χ2v) is 12.1. The number of rotatable bonds is 10. The molecule has 2 N–H and O–H groups in total. The van der Waals surface area contributed by atoms with Crippen LogP contribution in [-0.2, 0) is 12.2 Å². The minimum Gasteiger partial charge on any atom is -0.446 e. The summed E-state index contributed by atoms with van der Waals surface area (Å²) in [7, 11) is 0. The minimum atomic E-state index is -1.43. The first-order valence-corrected chi connectivity index (χ1v) is 15.5. The Morgan fingerprint density at radius 1 is 1.00 bits per heavy atom. The van der Waals surface area contributed by atoms with Gasteiger partial charge in [-0.3, -0.25) is 14.6 Å². The topological polar surface area (TPSA) is 100 Å². The number of carbonyl (C=O) groups excluding carboxylic acids is 2. The summed E-state index contributed by atoms with van der Waals surface area (Å²) in [6, 6.07) is 17.1. The zero-order chi connectivity index (χ0) is 32.4. The molecule has 1 aliphatic heterocycles. The van der Waals surface area contributed by atoms with E-state index in [2.05, 4.69) is 39.7 Å². The number of aromatic nitrogens is 2. The molecule has 3 heterocycles. The molecule has 9 heteroatoms. The summed E-state index contributed by atoms with van der Waals surface area (Å²) in [5.74, 6) is 0.217. The van der Waals surface area contributed by atoms with Gasteiger partial charge in [0.1, 0.15) is 18.0 Å². The van der Waals surface area contributed by atoms with Gasteiger partial charge in [-0.05, 0) is 95.8 Å². The van der Waals surface area contributed by atoms with Crippen LogP contribution in [0.2, 0.25) is 0 Å². The Labute approximate surface area is 265 Å². The fraction of sp³-hybridized carbons (Fsp3) is 0.389. The van der Waals surface area contributed by atoms with Crippen molar-refractivity contribution in [2.45, 2.75) is 72.1 Å². The number of alkyl halides is 1. The van der Waals surface area contributed by atoms with Crippen LogP contribution in [0.15, 0.2) is 77.7 Å². The fourth-order valence-electron chi connectivity index (χ4n) is 5.19. The first-order valence-electron chi connectivity index (χ1n) is 15.5. The number of carbonyl (C=O) groups is 2. The van der Waals surface area contributed by atoms with Crippen LogP contribution in [0.4, 0.5) is 4.39 Å². The van der Waals surface area contributed by atoms with E-state index in [1.165, 1.54) is 19.4 Å². The molecule has 45 heavy (non-hydrogen) atoms. The van der Waals surface area contributed by atoms with Crippen LogP contribution in [0.3, 0.4) is 0 Å². The average Bonchev–Trinajstić information content (AvgIpc) is 3.68. The molecule has 0 saturated carbocycles. The number of hydrogen-bond acceptors (Lipinski definition) is 6. The lowest BCUT2D eigenvalue weighted by molar-refractivity contribution is 0.0715. The highest BCUT2D eigenvalue weighted by atomic mass is 19.1. The minimum absolute atomic E-state index is 0.125.